The number of anilines is 1. The molecule has 1 aliphatic heterocycles. The van der Waals surface area contributed by atoms with E-state index in [-0.39, 0.29) is 22.2 Å². The largest absolute Gasteiger partial charge is 0.445 e. The fourth-order valence-corrected chi connectivity index (χ4v) is 2.41. The first-order valence-electron chi connectivity index (χ1n) is 6.61. The van der Waals surface area contributed by atoms with Gasteiger partial charge in [0.25, 0.3) is 5.60 Å². The number of fused-ring (bicyclic) bond motifs is 1. The van der Waals surface area contributed by atoms with E-state index in [1.54, 1.807) is 0 Å². The molecule has 1 aromatic rings. The lowest BCUT2D eigenvalue weighted by atomic mass is 9.89. The second-order valence-corrected chi connectivity index (χ2v) is 5.75. The fraction of sp³-hybridized carbons (Fsp3) is 0.400. The van der Waals surface area contributed by atoms with Crippen LogP contribution in [0.1, 0.15) is 18.4 Å². The van der Waals surface area contributed by atoms with Gasteiger partial charge in [-0.1, -0.05) is 17.5 Å². The van der Waals surface area contributed by atoms with Crippen LogP contribution in [0, 0.1) is 17.8 Å². The summed E-state index contributed by atoms with van der Waals surface area (Å²) in [6, 6.07) is 3.93. The van der Waals surface area contributed by atoms with Crippen LogP contribution in [0.5, 0.6) is 0 Å². The quantitative estimate of drug-likeness (QED) is 0.671. The van der Waals surface area contributed by atoms with Gasteiger partial charge in [0, 0.05) is 23.6 Å². The summed E-state index contributed by atoms with van der Waals surface area (Å²) in [5.41, 5.74) is -3.15. The maximum Gasteiger partial charge on any atom is 0.445 e. The van der Waals surface area contributed by atoms with Gasteiger partial charge in [-0.05, 0) is 37.0 Å². The van der Waals surface area contributed by atoms with Crippen LogP contribution in [0.15, 0.2) is 18.2 Å². The minimum Gasteiger partial charge on any atom is -0.415 e. The number of ether oxygens (including phenoxy) is 1. The van der Waals surface area contributed by atoms with E-state index < -0.39 is 17.9 Å². The monoisotopic (exact) mass is 329 g/mol. The molecular weight excluding hydrogens is 319 g/mol. The first kappa shape index (κ1) is 15.0. The molecule has 1 aromatic carbocycles. The zero-order chi connectivity index (χ0) is 16.1. The Balaban J connectivity index is 2.25. The highest BCUT2D eigenvalue weighted by Gasteiger charge is 2.62. The topological polar surface area (TPSA) is 29.5 Å². The average molecular weight is 330 g/mol. The van der Waals surface area contributed by atoms with Crippen molar-refractivity contribution in [1.82, 2.24) is 0 Å². The molecule has 0 spiro atoms. The van der Waals surface area contributed by atoms with Gasteiger partial charge in [-0.15, -0.1) is 0 Å². The van der Waals surface area contributed by atoms with Crippen molar-refractivity contribution in [2.24, 2.45) is 5.92 Å². The van der Waals surface area contributed by atoms with E-state index in [1.807, 2.05) is 0 Å². The van der Waals surface area contributed by atoms with Crippen LogP contribution in [-0.2, 0) is 10.3 Å². The Hall–Kier alpha value is -1.87. The molecule has 1 heterocycles. The maximum absolute atomic E-state index is 13.7. The second kappa shape index (κ2) is 4.82. The lowest BCUT2D eigenvalue weighted by Gasteiger charge is -2.39. The van der Waals surface area contributed by atoms with Gasteiger partial charge in [0.05, 0.1) is 5.69 Å². The molecule has 3 rings (SSSR count). The van der Waals surface area contributed by atoms with Crippen molar-refractivity contribution in [3.05, 3.63) is 28.8 Å². The lowest BCUT2D eigenvalue weighted by molar-refractivity contribution is -0.240. The number of nitrogens with zero attached hydrogens (tertiary/aromatic N) is 1. The molecule has 1 saturated carbocycles. The zero-order valence-electron chi connectivity index (χ0n) is 11.5. The van der Waals surface area contributed by atoms with Gasteiger partial charge in [0.15, 0.2) is 0 Å². The minimum absolute atomic E-state index is 0.0692. The smallest absolute Gasteiger partial charge is 0.415 e. The molecule has 1 aliphatic carbocycles. The number of cyclic esters (lactones) is 1. The van der Waals surface area contributed by atoms with Gasteiger partial charge >= 0.3 is 12.3 Å². The highest BCUT2D eigenvalue weighted by molar-refractivity contribution is 6.30. The van der Waals surface area contributed by atoms with Crippen molar-refractivity contribution in [1.29, 1.82) is 0 Å². The van der Waals surface area contributed by atoms with Crippen molar-refractivity contribution in [2.75, 3.05) is 11.9 Å². The Kier molecular flexibility index (Phi) is 3.29. The molecule has 0 N–H and O–H groups in total. The first-order valence-corrected chi connectivity index (χ1v) is 6.98. The molecule has 1 amide bonds. The number of carbonyl (C=O) groups is 1. The van der Waals surface area contributed by atoms with Crippen LogP contribution in [0.4, 0.5) is 23.7 Å². The Morgan fingerprint density at radius 2 is 2.09 bits per heavy atom. The van der Waals surface area contributed by atoms with E-state index in [4.69, 9.17) is 16.3 Å². The summed E-state index contributed by atoms with van der Waals surface area (Å²) in [5.74, 6) is 4.66. The van der Waals surface area contributed by atoms with E-state index in [1.165, 1.54) is 19.2 Å². The van der Waals surface area contributed by atoms with Crippen molar-refractivity contribution < 1.29 is 22.7 Å². The Bertz CT molecular complexity index is 703. The first-order chi connectivity index (χ1) is 10.2. The van der Waals surface area contributed by atoms with Crippen LogP contribution in [0.2, 0.25) is 5.02 Å². The molecule has 116 valence electrons. The number of amides is 1. The van der Waals surface area contributed by atoms with Crippen LogP contribution >= 0.6 is 11.6 Å². The van der Waals surface area contributed by atoms with Crippen LogP contribution < -0.4 is 4.90 Å². The Morgan fingerprint density at radius 1 is 1.41 bits per heavy atom. The third-order valence-corrected chi connectivity index (χ3v) is 3.88. The molecule has 1 unspecified atom stereocenters. The third kappa shape index (κ3) is 2.30. The summed E-state index contributed by atoms with van der Waals surface area (Å²) >= 11 is 5.84. The minimum atomic E-state index is -4.87. The number of hydrogen-bond donors (Lipinski definition) is 0. The van der Waals surface area contributed by atoms with Crippen molar-refractivity contribution in [3.8, 4) is 11.8 Å². The van der Waals surface area contributed by atoms with E-state index in [2.05, 4.69) is 11.8 Å². The third-order valence-electron chi connectivity index (χ3n) is 3.64. The van der Waals surface area contributed by atoms with E-state index in [0.717, 1.165) is 23.8 Å². The molecule has 2 aliphatic rings. The normalized spacial score (nSPS) is 24.2. The molecule has 22 heavy (non-hydrogen) atoms. The molecule has 0 aromatic heterocycles. The standard InChI is InChI=1S/C15H11ClF3NO2/c1-20-12-5-4-10(16)8-11(12)14(15(17,18)19,22-13(20)21)7-6-9-2-3-9/h4-5,8-9H,2-3H2,1H3. The zero-order valence-corrected chi connectivity index (χ0v) is 12.3. The second-order valence-electron chi connectivity index (χ2n) is 5.31. The average Bonchev–Trinajstić information content (AvgIpc) is 3.24. The Labute approximate surface area is 130 Å². The summed E-state index contributed by atoms with van der Waals surface area (Å²) in [5, 5.41) is 0.118. The number of carbonyl (C=O) groups excluding carboxylic acids is 1. The number of alkyl halides is 3. The van der Waals surface area contributed by atoms with Gasteiger partial charge in [0.2, 0.25) is 0 Å². The lowest BCUT2D eigenvalue weighted by Crippen LogP contribution is -2.52. The SMILES string of the molecule is CN1C(=O)OC(C#CC2CC2)(C(F)(F)F)c2cc(Cl)ccc21. The molecule has 1 atom stereocenters. The van der Waals surface area contributed by atoms with Gasteiger partial charge in [-0.2, -0.15) is 13.2 Å². The summed E-state index contributed by atoms with van der Waals surface area (Å²) in [6.45, 7) is 0. The predicted octanol–water partition coefficient (Wildman–Crippen LogP) is 4.10. The van der Waals surface area contributed by atoms with Gasteiger partial charge < -0.3 is 4.74 Å². The summed E-state index contributed by atoms with van der Waals surface area (Å²) in [4.78, 5) is 12.9. The fourth-order valence-electron chi connectivity index (χ4n) is 2.24. The van der Waals surface area contributed by atoms with Crippen LogP contribution in [-0.4, -0.2) is 19.3 Å². The summed E-state index contributed by atoms with van der Waals surface area (Å²) in [7, 11) is 1.34. The number of halogens is 4. The Morgan fingerprint density at radius 3 is 2.68 bits per heavy atom. The van der Waals surface area contributed by atoms with Crippen LogP contribution in [0.3, 0.4) is 0 Å². The molecule has 0 saturated heterocycles. The summed E-state index contributed by atoms with van der Waals surface area (Å²) in [6.07, 6.45) is -4.45. The molecule has 1 fully saturated rings. The maximum atomic E-state index is 13.7. The van der Waals surface area contributed by atoms with E-state index >= 15 is 0 Å². The number of benzene rings is 1. The molecular formula is C15H11ClF3NO2. The molecule has 0 radical (unpaired) electrons. The summed E-state index contributed by atoms with van der Waals surface area (Å²) < 4.78 is 46.0. The van der Waals surface area contributed by atoms with Gasteiger partial charge in [-0.25, -0.2) is 4.79 Å². The van der Waals surface area contributed by atoms with Crippen molar-refractivity contribution in [3.63, 3.8) is 0 Å². The number of hydrogen-bond acceptors (Lipinski definition) is 2. The predicted molar refractivity (Wildman–Crippen MR) is 74.6 cm³/mol. The van der Waals surface area contributed by atoms with E-state index in [9.17, 15) is 18.0 Å². The number of rotatable bonds is 0. The highest BCUT2D eigenvalue weighted by atomic mass is 35.5. The molecule has 0 bridgehead atoms. The molecule has 7 heteroatoms. The van der Waals surface area contributed by atoms with Crippen molar-refractivity contribution >= 4 is 23.4 Å². The molecule has 3 nitrogen and oxygen atoms in total. The van der Waals surface area contributed by atoms with Gasteiger partial charge in [0.1, 0.15) is 0 Å². The highest BCUT2D eigenvalue weighted by Crippen LogP contribution is 2.49. The van der Waals surface area contributed by atoms with Gasteiger partial charge in [-0.3, -0.25) is 4.90 Å². The van der Waals surface area contributed by atoms with Crippen LogP contribution in [0.25, 0.3) is 0 Å². The van der Waals surface area contributed by atoms with Crippen molar-refractivity contribution in [2.45, 2.75) is 24.6 Å². The van der Waals surface area contributed by atoms with E-state index in [0.29, 0.717) is 0 Å².